The average molecular weight is 412 g/mol. The van der Waals surface area contributed by atoms with E-state index in [-0.39, 0.29) is 11.5 Å². The zero-order valence-electron chi connectivity index (χ0n) is 17.0. The lowest BCUT2D eigenvalue weighted by Crippen LogP contribution is -2.54. The third kappa shape index (κ3) is 4.86. The molecule has 1 aromatic carbocycles. The second-order valence-electron chi connectivity index (χ2n) is 7.62. The van der Waals surface area contributed by atoms with Crippen LogP contribution in [0, 0.1) is 6.92 Å². The van der Waals surface area contributed by atoms with Crippen LogP contribution in [0.25, 0.3) is 0 Å². The van der Waals surface area contributed by atoms with Gasteiger partial charge in [-0.15, -0.1) is 0 Å². The molecule has 0 saturated carbocycles. The number of rotatable bonds is 7. The Hall–Kier alpha value is -1.19. The number of β-amino-alcohol motifs (C(OH)–C–C–N with tert-alkyl or cyclic N) is 1. The van der Waals surface area contributed by atoms with Gasteiger partial charge in [-0.1, -0.05) is 6.07 Å². The number of aliphatic hydroxyl groups excluding tert-OH is 1. The number of ether oxygens (including phenoxy) is 1. The summed E-state index contributed by atoms with van der Waals surface area (Å²) in [5.74, 6) is 0.440. The van der Waals surface area contributed by atoms with Gasteiger partial charge in [0.15, 0.2) is 0 Å². The Bertz CT molecular complexity index is 740. The van der Waals surface area contributed by atoms with E-state index in [9.17, 15) is 8.42 Å². The molecular formula is C20H33N3O4S. The summed E-state index contributed by atoms with van der Waals surface area (Å²) in [6, 6.07) is 5.79. The predicted octanol–water partition coefficient (Wildman–Crippen LogP) is 1.16. The van der Waals surface area contributed by atoms with Crippen molar-refractivity contribution in [1.82, 2.24) is 14.1 Å². The molecule has 2 aliphatic heterocycles. The van der Waals surface area contributed by atoms with Crippen molar-refractivity contribution in [2.24, 2.45) is 0 Å². The van der Waals surface area contributed by atoms with Crippen LogP contribution >= 0.6 is 0 Å². The number of hydrogen-bond donors (Lipinski definition) is 1. The molecule has 2 heterocycles. The molecule has 0 bridgehead atoms. The van der Waals surface area contributed by atoms with Crippen molar-refractivity contribution in [2.75, 3.05) is 59.0 Å². The number of piperidine rings is 1. The standard InChI is InChI=1S/C20H33N3O4S/c1-3-27-19-5-4-17(2)16-20(19)28(25,26)23-8-6-18(7-9-23)22-12-10-21(11-13-22)14-15-24/h4-5,16,18,24H,3,6-15H2,1-2H3. The molecule has 1 N–H and O–H groups in total. The summed E-state index contributed by atoms with van der Waals surface area (Å²) >= 11 is 0. The van der Waals surface area contributed by atoms with Crippen molar-refractivity contribution >= 4 is 10.0 Å². The van der Waals surface area contributed by atoms with Gasteiger partial charge in [0.05, 0.1) is 13.2 Å². The van der Waals surface area contributed by atoms with E-state index in [1.165, 1.54) is 0 Å². The number of nitrogens with zero attached hydrogens (tertiary/aromatic N) is 3. The van der Waals surface area contributed by atoms with Crippen LogP contribution in [0.2, 0.25) is 0 Å². The molecule has 0 aromatic heterocycles. The predicted molar refractivity (Wildman–Crippen MR) is 109 cm³/mol. The van der Waals surface area contributed by atoms with Crippen LogP contribution in [0.4, 0.5) is 0 Å². The molecule has 0 radical (unpaired) electrons. The highest BCUT2D eigenvalue weighted by Gasteiger charge is 2.34. The van der Waals surface area contributed by atoms with Gasteiger partial charge in [-0.05, 0) is 44.4 Å². The summed E-state index contributed by atoms with van der Waals surface area (Å²) in [6.07, 6.45) is 1.71. The molecule has 158 valence electrons. The van der Waals surface area contributed by atoms with Gasteiger partial charge in [0.2, 0.25) is 10.0 Å². The van der Waals surface area contributed by atoms with E-state index < -0.39 is 10.0 Å². The normalized spacial score (nSPS) is 21.1. The molecule has 0 aliphatic carbocycles. The molecular weight excluding hydrogens is 378 g/mol. The van der Waals surface area contributed by atoms with Crippen LogP contribution in [-0.4, -0.2) is 92.7 Å². The highest BCUT2D eigenvalue weighted by Crippen LogP contribution is 2.30. The fourth-order valence-corrected chi connectivity index (χ4v) is 5.86. The van der Waals surface area contributed by atoms with Crippen molar-refractivity contribution in [3.05, 3.63) is 23.8 Å². The maximum Gasteiger partial charge on any atom is 0.246 e. The molecule has 0 amide bonds. The van der Waals surface area contributed by atoms with Gasteiger partial charge < -0.3 is 9.84 Å². The largest absolute Gasteiger partial charge is 0.492 e. The fraction of sp³-hybridized carbons (Fsp3) is 0.700. The molecule has 2 aliphatic rings. The summed E-state index contributed by atoms with van der Waals surface area (Å²) in [6.45, 7) is 10.2. The molecule has 0 unspecified atom stereocenters. The molecule has 2 fully saturated rings. The minimum absolute atomic E-state index is 0.207. The lowest BCUT2D eigenvalue weighted by molar-refractivity contribution is 0.0645. The van der Waals surface area contributed by atoms with Gasteiger partial charge in [0.1, 0.15) is 10.6 Å². The third-order valence-corrected chi connectivity index (χ3v) is 7.70. The van der Waals surface area contributed by atoms with Gasteiger partial charge in [0, 0.05) is 51.9 Å². The van der Waals surface area contributed by atoms with Gasteiger partial charge in [0.25, 0.3) is 0 Å². The van der Waals surface area contributed by atoms with Crippen molar-refractivity contribution in [1.29, 1.82) is 0 Å². The van der Waals surface area contributed by atoms with Crippen LogP contribution < -0.4 is 4.74 Å². The molecule has 2 saturated heterocycles. The monoisotopic (exact) mass is 411 g/mol. The first-order valence-corrected chi connectivity index (χ1v) is 11.7. The zero-order valence-corrected chi connectivity index (χ0v) is 17.8. The van der Waals surface area contributed by atoms with E-state index in [4.69, 9.17) is 9.84 Å². The summed E-state index contributed by atoms with van der Waals surface area (Å²) in [4.78, 5) is 5.05. The lowest BCUT2D eigenvalue weighted by atomic mass is 10.0. The molecule has 8 heteroatoms. The summed E-state index contributed by atoms with van der Waals surface area (Å²) in [5.41, 5.74) is 0.915. The van der Waals surface area contributed by atoms with Gasteiger partial charge in [-0.2, -0.15) is 4.31 Å². The Morgan fingerprint density at radius 2 is 1.79 bits per heavy atom. The van der Waals surface area contributed by atoms with Crippen molar-refractivity contribution in [3.63, 3.8) is 0 Å². The number of aryl methyl sites for hydroxylation is 1. The number of aliphatic hydroxyl groups is 1. The Labute approximate surface area is 168 Å². The van der Waals surface area contributed by atoms with E-state index in [1.54, 1.807) is 16.4 Å². The van der Waals surface area contributed by atoms with Crippen molar-refractivity contribution in [3.8, 4) is 5.75 Å². The van der Waals surface area contributed by atoms with Gasteiger partial charge >= 0.3 is 0 Å². The quantitative estimate of drug-likeness (QED) is 0.726. The second kappa shape index (κ2) is 9.54. The first-order valence-electron chi connectivity index (χ1n) is 10.3. The Morgan fingerprint density at radius 1 is 1.11 bits per heavy atom. The SMILES string of the molecule is CCOc1ccc(C)cc1S(=O)(=O)N1CCC(N2CCN(CCO)CC2)CC1. The minimum Gasteiger partial charge on any atom is -0.492 e. The molecule has 0 spiro atoms. The third-order valence-electron chi connectivity index (χ3n) is 5.78. The fourth-order valence-electron chi connectivity index (χ4n) is 4.17. The topological polar surface area (TPSA) is 73.3 Å². The van der Waals surface area contributed by atoms with E-state index >= 15 is 0 Å². The van der Waals surface area contributed by atoms with E-state index in [0.29, 0.717) is 31.5 Å². The highest BCUT2D eigenvalue weighted by molar-refractivity contribution is 7.89. The van der Waals surface area contributed by atoms with Gasteiger partial charge in [-0.3, -0.25) is 9.80 Å². The minimum atomic E-state index is -3.55. The Morgan fingerprint density at radius 3 is 2.39 bits per heavy atom. The molecule has 0 atom stereocenters. The van der Waals surface area contributed by atoms with E-state index in [2.05, 4.69) is 9.80 Å². The smallest absolute Gasteiger partial charge is 0.246 e. The molecule has 1 aromatic rings. The van der Waals surface area contributed by atoms with Crippen LogP contribution in [0.15, 0.2) is 23.1 Å². The lowest BCUT2D eigenvalue weighted by Gasteiger charge is -2.42. The number of benzene rings is 1. The van der Waals surface area contributed by atoms with E-state index in [0.717, 1.165) is 51.1 Å². The van der Waals surface area contributed by atoms with Crippen LogP contribution in [-0.2, 0) is 10.0 Å². The Kier molecular flexibility index (Phi) is 7.33. The number of piperazine rings is 1. The van der Waals surface area contributed by atoms with Crippen LogP contribution in [0.1, 0.15) is 25.3 Å². The summed E-state index contributed by atoms with van der Waals surface area (Å²) in [7, 11) is -3.55. The van der Waals surface area contributed by atoms with E-state index in [1.807, 2.05) is 19.9 Å². The maximum atomic E-state index is 13.2. The molecule has 7 nitrogen and oxygen atoms in total. The molecule has 28 heavy (non-hydrogen) atoms. The summed E-state index contributed by atoms with van der Waals surface area (Å²) in [5, 5.41) is 9.08. The highest BCUT2D eigenvalue weighted by atomic mass is 32.2. The average Bonchev–Trinajstić information content (AvgIpc) is 2.70. The zero-order chi connectivity index (χ0) is 20.1. The van der Waals surface area contributed by atoms with Crippen LogP contribution in [0.5, 0.6) is 5.75 Å². The first-order chi connectivity index (χ1) is 13.5. The van der Waals surface area contributed by atoms with Crippen molar-refractivity contribution < 1.29 is 18.3 Å². The second-order valence-corrected chi connectivity index (χ2v) is 9.53. The van der Waals surface area contributed by atoms with Crippen molar-refractivity contribution in [2.45, 2.75) is 37.6 Å². The van der Waals surface area contributed by atoms with Gasteiger partial charge in [-0.25, -0.2) is 8.42 Å². The summed E-state index contributed by atoms with van der Waals surface area (Å²) < 4.78 is 33.7. The first kappa shape index (κ1) is 21.5. The number of sulfonamides is 1. The Balaban J connectivity index is 1.62. The molecule has 3 rings (SSSR count). The maximum absolute atomic E-state index is 13.2. The van der Waals surface area contributed by atoms with Crippen LogP contribution in [0.3, 0.4) is 0 Å². The number of hydrogen-bond acceptors (Lipinski definition) is 6.